The summed E-state index contributed by atoms with van der Waals surface area (Å²) in [5.41, 5.74) is 1.11. The maximum atomic E-state index is 8.83. The van der Waals surface area contributed by atoms with Gasteiger partial charge in [0.25, 0.3) is 0 Å². The molecule has 0 amide bonds. The van der Waals surface area contributed by atoms with Gasteiger partial charge in [0.15, 0.2) is 0 Å². The zero-order valence-corrected chi connectivity index (χ0v) is 7.28. The number of hydrogen-bond acceptors (Lipinski definition) is 2. The van der Waals surface area contributed by atoms with Crippen LogP contribution in [-0.4, -0.2) is 0 Å². The van der Waals surface area contributed by atoms with Crippen LogP contribution in [0.2, 0.25) is 0 Å². The molecule has 0 saturated heterocycles. The Kier molecular flexibility index (Phi) is 1.89. The topological polar surface area (TPSA) is 47.6 Å². The molecule has 1 radical (unpaired) electrons. The fraction of sp³-hybridized carbons (Fsp3) is 0. The van der Waals surface area contributed by atoms with Crippen LogP contribution in [0.5, 0.6) is 0 Å². The summed E-state index contributed by atoms with van der Waals surface area (Å²) in [6.45, 7) is 0. The van der Waals surface area contributed by atoms with Crippen LogP contribution in [0.15, 0.2) is 30.3 Å². The second kappa shape index (κ2) is 3.20. The Hall–Kier alpha value is -2.32. The molecule has 2 aromatic carbocycles. The fourth-order valence-corrected chi connectivity index (χ4v) is 1.37. The highest BCUT2D eigenvalue weighted by Crippen LogP contribution is 2.18. The van der Waals surface area contributed by atoms with E-state index < -0.39 is 0 Å². The lowest BCUT2D eigenvalue weighted by molar-refractivity contribution is 1.48. The van der Waals surface area contributed by atoms with Crippen LogP contribution in [-0.2, 0) is 0 Å². The van der Waals surface area contributed by atoms with E-state index in [0.29, 0.717) is 11.1 Å². The van der Waals surface area contributed by atoms with Crippen molar-refractivity contribution in [3.05, 3.63) is 47.5 Å². The first kappa shape index (κ1) is 8.29. The van der Waals surface area contributed by atoms with Gasteiger partial charge in [0.05, 0.1) is 23.3 Å². The highest BCUT2D eigenvalue weighted by atomic mass is 14.2. The van der Waals surface area contributed by atoms with Gasteiger partial charge in [0.1, 0.15) is 0 Å². The number of benzene rings is 2. The smallest absolute Gasteiger partial charge is 0.0998 e. The molecule has 0 bridgehead atoms. The van der Waals surface area contributed by atoms with Crippen molar-refractivity contribution in [3.8, 4) is 12.1 Å². The van der Waals surface area contributed by atoms with E-state index in [1.54, 1.807) is 24.3 Å². The molecule has 2 rings (SSSR count). The molecule has 0 saturated carbocycles. The minimum absolute atomic E-state index is 0.493. The zero-order chi connectivity index (χ0) is 9.97. The summed E-state index contributed by atoms with van der Waals surface area (Å²) in [6, 6.07) is 15.9. The summed E-state index contributed by atoms with van der Waals surface area (Å²) in [4.78, 5) is 0. The molecule has 0 atom stereocenters. The number of nitrogens with zero attached hydrogens (tertiary/aromatic N) is 2. The Balaban J connectivity index is 2.83. The van der Waals surface area contributed by atoms with Gasteiger partial charge in [-0.05, 0) is 17.5 Å². The van der Waals surface area contributed by atoms with Crippen LogP contribution in [0.4, 0.5) is 0 Å². The average molecular weight is 177 g/mol. The van der Waals surface area contributed by atoms with Crippen molar-refractivity contribution in [2.75, 3.05) is 0 Å². The summed E-state index contributed by atoms with van der Waals surface area (Å²) in [5.74, 6) is 0. The first-order chi connectivity index (χ1) is 6.85. The summed E-state index contributed by atoms with van der Waals surface area (Å²) >= 11 is 0. The Morgan fingerprint density at radius 1 is 1.00 bits per heavy atom. The van der Waals surface area contributed by atoms with E-state index in [0.717, 1.165) is 10.8 Å². The van der Waals surface area contributed by atoms with E-state index in [9.17, 15) is 0 Å². The number of hydrogen-bond donors (Lipinski definition) is 0. The van der Waals surface area contributed by atoms with Crippen molar-refractivity contribution < 1.29 is 0 Å². The standard InChI is InChI=1S/C12H5N2/c13-7-9-4-5-12-10(6-9)2-1-3-11(12)8-14/h1-5H. The van der Waals surface area contributed by atoms with Crippen molar-refractivity contribution in [1.29, 1.82) is 10.5 Å². The normalized spacial score (nSPS) is 9.29. The van der Waals surface area contributed by atoms with Crippen molar-refractivity contribution in [2.45, 2.75) is 0 Å². The summed E-state index contributed by atoms with van der Waals surface area (Å²) < 4.78 is 0. The van der Waals surface area contributed by atoms with Crippen LogP contribution < -0.4 is 0 Å². The van der Waals surface area contributed by atoms with Gasteiger partial charge in [0, 0.05) is 11.5 Å². The van der Waals surface area contributed by atoms with Crippen LogP contribution in [0, 0.1) is 28.7 Å². The summed E-state index contributed by atoms with van der Waals surface area (Å²) in [6.07, 6.45) is 0. The zero-order valence-electron chi connectivity index (χ0n) is 7.28. The molecule has 0 unspecified atom stereocenters. The van der Waals surface area contributed by atoms with Crippen LogP contribution in [0.1, 0.15) is 11.1 Å². The second-order valence-electron chi connectivity index (χ2n) is 2.86. The molecule has 0 aliphatic carbocycles. The molecule has 0 aromatic heterocycles. The Morgan fingerprint density at radius 2 is 1.86 bits per heavy atom. The first-order valence-corrected chi connectivity index (χ1v) is 4.10. The number of nitriles is 2. The molecule has 14 heavy (non-hydrogen) atoms. The number of fused-ring (bicyclic) bond motifs is 1. The average Bonchev–Trinajstić information content (AvgIpc) is 2.27. The van der Waals surface area contributed by atoms with Gasteiger partial charge in [-0.2, -0.15) is 10.5 Å². The van der Waals surface area contributed by atoms with E-state index >= 15 is 0 Å². The molecule has 2 aromatic rings. The van der Waals surface area contributed by atoms with Gasteiger partial charge in [0.2, 0.25) is 0 Å². The third-order valence-electron chi connectivity index (χ3n) is 2.03. The van der Waals surface area contributed by atoms with Gasteiger partial charge in [-0.25, -0.2) is 0 Å². The first-order valence-electron chi connectivity index (χ1n) is 4.10. The molecule has 0 aliphatic rings. The van der Waals surface area contributed by atoms with E-state index in [1.165, 1.54) is 0 Å². The van der Waals surface area contributed by atoms with E-state index in [4.69, 9.17) is 10.5 Å². The lowest BCUT2D eigenvalue weighted by atomic mass is 10.0. The Bertz CT molecular complexity index is 571. The molecule has 2 nitrogen and oxygen atoms in total. The van der Waals surface area contributed by atoms with Gasteiger partial charge in [-0.1, -0.05) is 18.2 Å². The summed E-state index contributed by atoms with van der Waals surface area (Å²) in [7, 11) is 0. The van der Waals surface area contributed by atoms with Crippen LogP contribution in [0.25, 0.3) is 10.8 Å². The van der Waals surface area contributed by atoms with Gasteiger partial charge in [-0.15, -0.1) is 0 Å². The largest absolute Gasteiger partial charge is 0.192 e. The predicted octanol–water partition coefficient (Wildman–Crippen LogP) is 2.38. The quantitative estimate of drug-likeness (QED) is 0.620. The molecular formula is C12H5N2. The number of rotatable bonds is 0. The summed E-state index contributed by atoms with van der Waals surface area (Å²) in [5, 5.41) is 19.2. The van der Waals surface area contributed by atoms with E-state index in [1.807, 2.05) is 12.1 Å². The maximum absolute atomic E-state index is 8.83. The molecule has 0 aliphatic heterocycles. The lowest BCUT2D eigenvalue weighted by Crippen LogP contribution is -1.81. The van der Waals surface area contributed by atoms with Crippen molar-refractivity contribution in [3.63, 3.8) is 0 Å². The minimum Gasteiger partial charge on any atom is -0.192 e. The Morgan fingerprint density at radius 3 is 2.57 bits per heavy atom. The fourth-order valence-electron chi connectivity index (χ4n) is 1.37. The van der Waals surface area contributed by atoms with Gasteiger partial charge >= 0.3 is 0 Å². The molecule has 0 heterocycles. The maximum Gasteiger partial charge on any atom is 0.0998 e. The van der Waals surface area contributed by atoms with Crippen LogP contribution >= 0.6 is 0 Å². The van der Waals surface area contributed by atoms with Gasteiger partial charge in [-0.3, -0.25) is 0 Å². The highest BCUT2D eigenvalue weighted by Gasteiger charge is 2.00. The van der Waals surface area contributed by atoms with E-state index in [-0.39, 0.29) is 0 Å². The molecular weight excluding hydrogens is 172 g/mol. The predicted molar refractivity (Wildman–Crippen MR) is 52.2 cm³/mol. The monoisotopic (exact) mass is 177 g/mol. The third kappa shape index (κ3) is 1.20. The lowest BCUT2D eigenvalue weighted by Gasteiger charge is -1.98. The molecule has 2 heteroatoms. The second-order valence-corrected chi connectivity index (χ2v) is 2.86. The Labute approximate surface area is 81.6 Å². The molecule has 0 N–H and O–H groups in total. The van der Waals surface area contributed by atoms with Gasteiger partial charge < -0.3 is 0 Å². The molecule has 0 spiro atoms. The van der Waals surface area contributed by atoms with Crippen molar-refractivity contribution >= 4 is 10.8 Å². The SMILES string of the molecule is N#Cc1[c]c2cccc(C#N)c2cc1. The molecule has 0 fully saturated rings. The highest BCUT2D eigenvalue weighted by molar-refractivity contribution is 5.88. The van der Waals surface area contributed by atoms with E-state index in [2.05, 4.69) is 12.1 Å². The third-order valence-corrected chi connectivity index (χ3v) is 2.03. The van der Waals surface area contributed by atoms with Crippen molar-refractivity contribution in [1.82, 2.24) is 0 Å². The van der Waals surface area contributed by atoms with Crippen LogP contribution in [0.3, 0.4) is 0 Å². The minimum atomic E-state index is 0.493. The van der Waals surface area contributed by atoms with Crippen molar-refractivity contribution in [2.24, 2.45) is 0 Å². The molecule has 63 valence electrons.